The van der Waals surface area contributed by atoms with Crippen molar-refractivity contribution in [3.63, 3.8) is 0 Å². The minimum atomic E-state index is -0.380. The highest BCUT2D eigenvalue weighted by atomic mass is 16.3. The Morgan fingerprint density at radius 3 is 2.89 bits per heavy atom. The van der Waals surface area contributed by atoms with Gasteiger partial charge in [-0.25, -0.2) is 4.98 Å². The van der Waals surface area contributed by atoms with Crippen LogP contribution in [0.15, 0.2) is 31.0 Å². The van der Waals surface area contributed by atoms with E-state index in [1.165, 1.54) is 18.5 Å². The van der Waals surface area contributed by atoms with E-state index in [2.05, 4.69) is 14.1 Å². The molecule has 0 aliphatic heterocycles. The summed E-state index contributed by atoms with van der Waals surface area (Å²) in [4.78, 5) is 4.25. The van der Waals surface area contributed by atoms with Crippen molar-refractivity contribution < 1.29 is 5.11 Å². The largest absolute Gasteiger partial charge is 0.388 e. The molecule has 0 saturated heterocycles. The standard InChI is InChI=1S/C15H21N3O/c1-11(2)15(19)12-5-6-17(8-12)9-14-7-16-10-18(14)13-3-4-13/h5-8,10-11,13,15,19H,3-4,9H2,1-2H3. The van der Waals surface area contributed by atoms with Gasteiger partial charge in [-0.2, -0.15) is 0 Å². The molecule has 0 aromatic carbocycles. The van der Waals surface area contributed by atoms with E-state index in [0.29, 0.717) is 6.04 Å². The van der Waals surface area contributed by atoms with Crippen molar-refractivity contribution in [2.45, 2.75) is 45.4 Å². The van der Waals surface area contributed by atoms with E-state index in [4.69, 9.17) is 0 Å². The van der Waals surface area contributed by atoms with Gasteiger partial charge in [0, 0.05) is 24.6 Å². The van der Waals surface area contributed by atoms with Crippen LogP contribution in [-0.4, -0.2) is 19.2 Å². The number of imidazole rings is 1. The molecule has 0 radical (unpaired) electrons. The summed E-state index contributed by atoms with van der Waals surface area (Å²) in [6.45, 7) is 4.88. The van der Waals surface area contributed by atoms with Gasteiger partial charge in [0.1, 0.15) is 0 Å². The molecule has 1 aliphatic rings. The molecule has 102 valence electrons. The molecule has 0 amide bonds. The minimum absolute atomic E-state index is 0.243. The summed E-state index contributed by atoms with van der Waals surface area (Å²) < 4.78 is 4.40. The monoisotopic (exact) mass is 259 g/mol. The zero-order chi connectivity index (χ0) is 13.4. The topological polar surface area (TPSA) is 43.0 Å². The fraction of sp³-hybridized carbons (Fsp3) is 0.533. The van der Waals surface area contributed by atoms with E-state index in [0.717, 1.165) is 12.1 Å². The lowest BCUT2D eigenvalue weighted by atomic mass is 10.0. The number of rotatable bonds is 5. The fourth-order valence-corrected chi connectivity index (χ4v) is 2.44. The summed E-state index contributed by atoms with van der Waals surface area (Å²) in [5.41, 5.74) is 2.23. The summed E-state index contributed by atoms with van der Waals surface area (Å²) in [7, 11) is 0. The molecule has 4 heteroatoms. The zero-order valence-electron chi connectivity index (χ0n) is 11.5. The second kappa shape index (κ2) is 4.85. The van der Waals surface area contributed by atoms with Gasteiger partial charge >= 0.3 is 0 Å². The number of aromatic nitrogens is 3. The summed E-state index contributed by atoms with van der Waals surface area (Å²) in [5.74, 6) is 0.243. The Morgan fingerprint density at radius 2 is 2.21 bits per heavy atom. The number of hydrogen-bond donors (Lipinski definition) is 1. The maximum atomic E-state index is 10.1. The third-order valence-corrected chi connectivity index (χ3v) is 3.78. The Labute approximate surface area is 113 Å². The Kier molecular flexibility index (Phi) is 3.19. The van der Waals surface area contributed by atoms with E-state index in [1.54, 1.807) is 0 Å². The molecule has 2 aromatic heterocycles. The van der Waals surface area contributed by atoms with E-state index < -0.39 is 0 Å². The molecule has 2 aromatic rings. The molecule has 2 heterocycles. The Hall–Kier alpha value is -1.55. The van der Waals surface area contributed by atoms with Crippen LogP contribution < -0.4 is 0 Å². The maximum Gasteiger partial charge on any atom is 0.0951 e. The van der Waals surface area contributed by atoms with Crippen LogP contribution in [0.1, 0.15) is 50.1 Å². The molecular formula is C15H21N3O. The normalized spacial score (nSPS) is 17.1. The number of nitrogens with zero attached hydrogens (tertiary/aromatic N) is 3. The van der Waals surface area contributed by atoms with Crippen LogP contribution in [0.5, 0.6) is 0 Å². The molecular weight excluding hydrogens is 238 g/mol. The van der Waals surface area contributed by atoms with Crippen molar-refractivity contribution >= 4 is 0 Å². The zero-order valence-corrected chi connectivity index (χ0v) is 11.5. The Morgan fingerprint density at radius 1 is 1.42 bits per heavy atom. The van der Waals surface area contributed by atoms with Crippen molar-refractivity contribution in [1.29, 1.82) is 0 Å². The molecule has 3 rings (SSSR count). The van der Waals surface area contributed by atoms with Gasteiger partial charge in [-0.1, -0.05) is 13.8 Å². The van der Waals surface area contributed by atoms with Crippen LogP contribution in [0.25, 0.3) is 0 Å². The molecule has 0 spiro atoms. The first-order valence-electron chi connectivity index (χ1n) is 6.99. The van der Waals surface area contributed by atoms with Gasteiger partial charge in [0.15, 0.2) is 0 Å². The molecule has 1 saturated carbocycles. The predicted molar refractivity (Wildman–Crippen MR) is 73.8 cm³/mol. The van der Waals surface area contributed by atoms with Gasteiger partial charge in [0.25, 0.3) is 0 Å². The minimum Gasteiger partial charge on any atom is -0.388 e. The first kappa shape index (κ1) is 12.5. The lowest BCUT2D eigenvalue weighted by molar-refractivity contribution is 0.127. The third kappa shape index (κ3) is 2.59. The van der Waals surface area contributed by atoms with Crippen LogP contribution >= 0.6 is 0 Å². The van der Waals surface area contributed by atoms with E-state index in [9.17, 15) is 5.11 Å². The Bertz CT molecular complexity index is 551. The molecule has 19 heavy (non-hydrogen) atoms. The van der Waals surface area contributed by atoms with Crippen LogP contribution in [0.3, 0.4) is 0 Å². The number of aliphatic hydroxyl groups is 1. The van der Waals surface area contributed by atoms with Gasteiger partial charge in [-0.3, -0.25) is 0 Å². The average Bonchev–Trinajstić information content (AvgIpc) is 2.95. The molecule has 0 bridgehead atoms. The van der Waals surface area contributed by atoms with E-state index >= 15 is 0 Å². The first-order chi connectivity index (χ1) is 9.15. The van der Waals surface area contributed by atoms with Gasteiger partial charge in [0.05, 0.1) is 24.7 Å². The quantitative estimate of drug-likeness (QED) is 0.897. The van der Waals surface area contributed by atoms with E-state index in [1.807, 2.05) is 44.8 Å². The van der Waals surface area contributed by atoms with Gasteiger partial charge < -0.3 is 14.2 Å². The first-order valence-corrected chi connectivity index (χ1v) is 6.99. The SMILES string of the molecule is CC(C)C(O)c1ccn(Cc2cncn2C2CC2)c1. The highest BCUT2D eigenvalue weighted by Crippen LogP contribution is 2.35. The van der Waals surface area contributed by atoms with Crippen molar-refractivity contribution in [2.24, 2.45) is 5.92 Å². The molecule has 1 atom stereocenters. The van der Waals surface area contributed by atoms with Gasteiger partial charge in [0.2, 0.25) is 0 Å². The highest BCUT2D eigenvalue weighted by Gasteiger charge is 2.25. The summed E-state index contributed by atoms with van der Waals surface area (Å²) in [6.07, 6.45) is 10.1. The summed E-state index contributed by atoms with van der Waals surface area (Å²) in [6, 6.07) is 2.66. The van der Waals surface area contributed by atoms with Crippen LogP contribution in [-0.2, 0) is 6.54 Å². The van der Waals surface area contributed by atoms with Crippen molar-refractivity contribution in [2.75, 3.05) is 0 Å². The lowest BCUT2D eigenvalue weighted by Gasteiger charge is -2.12. The van der Waals surface area contributed by atoms with Crippen molar-refractivity contribution in [1.82, 2.24) is 14.1 Å². The lowest BCUT2D eigenvalue weighted by Crippen LogP contribution is -2.06. The van der Waals surface area contributed by atoms with Crippen molar-refractivity contribution in [3.05, 3.63) is 42.2 Å². The highest BCUT2D eigenvalue weighted by molar-refractivity contribution is 5.16. The third-order valence-electron chi connectivity index (χ3n) is 3.78. The van der Waals surface area contributed by atoms with Crippen LogP contribution in [0.4, 0.5) is 0 Å². The fourth-order valence-electron chi connectivity index (χ4n) is 2.44. The Balaban J connectivity index is 1.74. The van der Waals surface area contributed by atoms with Crippen LogP contribution in [0.2, 0.25) is 0 Å². The molecule has 1 fully saturated rings. The van der Waals surface area contributed by atoms with Gasteiger partial charge in [-0.05, 0) is 30.4 Å². The summed E-state index contributed by atoms with van der Waals surface area (Å²) in [5, 5.41) is 10.1. The average molecular weight is 259 g/mol. The number of aliphatic hydroxyl groups excluding tert-OH is 1. The molecule has 1 aliphatic carbocycles. The predicted octanol–water partition coefficient (Wildman–Crippen LogP) is 2.76. The van der Waals surface area contributed by atoms with E-state index in [-0.39, 0.29) is 12.0 Å². The second-order valence-corrected chi connectivity index (χ2v) is 5.83. The number of hydrogen-bond acceptors (Lipinski definition) is 2. The van der Waals surface area contributed by atoms with Gasteiger partial charge in [-0.15, -0.1) is 0 Å². The van der Waals surface area contributed by atoms with Crippen molar-refractivity contribution in [3.8, 4) is 0 Å². The van der Waals surface area contributed by atoms with Crippen LogP contribution in [0, 0.1) is 5.92 Å². The second-order valence-electron chi connectivity index (χ2n) is 5.83. The molecule has 4 nitrogen and oxygen atoms in total. The molecule has 1 unspecified atom stereocenters. The summed E-state index contributed by atoms with van der Waals surface area (Å²) >= 11 is 0. The molecule has 1 N–H and O–H groups in total. The maximum absolute atomic E-state index is 10.1. The smallest absolute Gasteiger partial charge is 0.0951 e.